The molecule has 4 aromatic rings. The van der Waals surface area contributed by atoms with Gasteiger partial charge in [0.2, 0.25) is 5.91 Å². The van der Waals surface area contributed by atoms with Crippen LogP contribution < -0.4 is 5.32 Å². The molecule has 2 aromatic carbocycles. The van der Waals surface area contributed by atoms with Crippen LogP contribution in [0.15, 0.2) is 53.0 Å². The van der Waals surface area contributed by atoms with Crippen molar-refractivity contribution in [3.05, 3.63) is 58.7 Å². The summed E-state index contributed by atoms with van der Waals surface area (Å²) in [5, 5.41) is 15.6. The number of halogens is 1. The monoisotopic (exact) mass is 424 g/mol. The average Bonchev–Trinajstić information content (AvgIpc) is 3.17. The molecule has 0 aliphatic carbocycles. The van der Waals surface area contributed by atoms with Crippen LogP contribution in [0.4, 0.5) is 5.82 Å². The molecule has 0 unspecified atom stereocenters. The minimum absolute atomic E-state index is 0.0739. The SMILES string of the molecule is Cc1nn(C)c(NC(=O)Cn2nnc3ccccc32)c1-c1ccc(Br)cc1. The second-order valence-corrected chi connectivity index (χ2v) is 7.14. The zero-order valence-electron chi connectivity index (χ0n) is 14.8. The van der Waals surface area contributed by atoms with Gasteiger partial charge < -0.3 is 5.32 Å². The van der Waals surface area contributed by atoms with Crippen molar-refractivity contribution in [3.63, 3.8) is 0 Å². The summed E-state index contributed by atoms with van der Waals surface area (Å²) in [6.07, 6.45) is 0. The molecule has 2 aromatic heterocycles. The molecule has 0 atom stereocenters. The summed E-state index contributed by atoms with van der Waals surface area (Å²) in [6.45, 7) is 2.00. The fourth-order valence-electron chi connectivity index (χ4n) is 3.11. The van der Waals surface area contributed by atoms with Gasteiger partial charge >= 0.3 is 0 Å². The van der Waals surface area contributed by atoms with Gasteiger partial charge in [0.25, 0.3) is 0 Å². The van der Waals surface area contributed by atoms with Gasteiger partial charge in [0, 0.05) is 17.1 Å². The number of aromatic nitrogens is 5. The van der Waals surface area contributed by atoms with Crippen molar-refractivity contribution in [1.29, 1.82) is 0 Å². The highest BCUT2D eigenvalue weighted by Gasteiger charge is 2.18. The lowest BCUT2D eigenvalue weighted by molar-refractivity contribution is -0.116. The fraction of sp³-hybridized carbons (Fsp3) is 0.158. The Hall–Kier alpha value is -3.00. The van der Waals surface area contributed by atoms with Gasteiger partial charge in [-0.05, 0) is 36.8 Å². The normalized spacial score (nSPS) is 11.1. The van der Waals surface area contributed by atoms with Crippen LogP contribution in [0.3, 0.4) is 0 Å². The highest BCUT2D eigenvalue weighted by molar-refractivity contribution is 9.10. The first kappa shape index (κ1) is 17.4. The number of benzene rings is 2. The van der Waals surface area contributed by atoms with E-state index in [1.807, 2.05) is 62.5 Å². The first-order chi connectivity index (χ1) is 13.0. The lowest BCUT2D eigenvalue weighted by atomic mass is 10.1. The highest BCUT2D eigenvalue weighted by Crippen LogP contribution is 2.31. The molecule has 1 N–H and O–H groups in total. The van der Waals surface area contributed by atoms with Crippen molar-refractivity contribution in [2.45, 2.75) is 13.5 Å². The molecule has 136 valence electrons. The van der Waals surface area contributed by atoms with Crippen LogP contribution in [0.2, 0.25) is 0 Å². The first-order valence-corrected chi connectivity index (χ1v) is 9.20. The number of hydrogen-bond donors (Lipinski definition) is 1. The summed E-state index contributed by atoms with van der Waals surface area (Å²) in [6, 6.07) is 15.5. The van der Waals surface area contributed by atoms with Gasteiger partial charge in [0.05, 0.1) is 11.2 Å². The van der Waals surface area contributed by atoms with Crippen LogP contribution >= 0.6 is 15.9 Å². The van der Waals surface area contributed by atoms with Crippen molar-refractivity contribution in [1.82, 2.24) is 24.8 Å². The van der Waals surface area contributed by atoms with Crippen molar-refractivity contribution in [2.75, 3.05) is 5.32 Å². The lowest BCUT2D eigenvalue weighted by Gasteiger charge is -2.09. The summed E-state index contributed by atoms with van der Waals surface area (Å²) < 4.78 is 4.27. The van der Waals surface area contributed by atoms with Gasteiger partial charge in [-0.2, -0.15) is 5.10 Å². The van der Waals surface area contributed by atoms with E-state index >= 15 is 0 Å². The Morgan fingerprint density at radius 1 is 1.15 bits per heavy atom. The van der Waals surface area contributed by atoms with Gasteiger partial charge in [-0.1, -0.05) is 45.4 Å². The van der Waals surface area contributed by atoms with Crippen molar-refractivity contribution in [2.24, 2.45) is 7.05 Å². The second kappa shape index (κ2) is 6.96. The van der Waals surface area contributed by atoms with Gasteiger partial charge in [0.15, 0.2) is 0 Å². The number of nitrogens with zero attached hydrogens (tertiary/aromatic N) is 5. The van der Waals surface area contributed by atoms with Gasteiger partial charge in [-0.3, -0.25) is 9.48 Å². The van der Waals surface area contributed by atoms with E-state index < -0.39 is 0 Å². The van der Waals surface area contributed by atoms with Crippen molar-refractivity contribution >= 4 is 38.7 Å². The number of amides is 1. The third-order valence-corrected chi connectivity index (χ3v) is 4.86. The molecule has 7 nitrogen and oxygen atoms in total. The molecule has 0 aliphatic heterocycles. The van der Waals surface area contributed by atoms with E-state index in [4.69, 9.17) is 0 Å². The van der Waals surface area contributed by atoms with E-state index in [1.54, 1.807) is 9.36 Å². The molecule has 0 saturated heterocycles. The maximum atomic E-state index is 12.7. The Morgan fingerprint density at radius 3 is 2.67 bits per heavy atom. The van der Waals surface area contributed by atoms with E-state index in [0.29, 0.717) is 5.82 Å². The molecular weight excluding hydrogens is 408 g/mol. The van der Waals surface area contributed by atoms with Gasteiger partial charge in [0.1, 0.15) is 17.9 Å². The zero-order valence-corrected chi connectivity index (χ0v) is 16.4. The summed E-state index contributed by atoms with van der Waals surface area (Å²) in [4.78, 5) is 12.7. The van der Waals surface area contributed by atoms with Gasteiger partial charge in [-0.25, -0.2) is 4.68 Å². The molecule has 0 fully saturated rings. The van der Waals surface area contributed by atoms with Gasteiger partial charge in [-0.15, -0.1) is 5.10 Å². The topological polar surface area (TPSA) is 77.6 Å². The molecule has 0 radical (unpaired) electrons. The number of para-hydroxylation sites is 1. The summed E-state index contributed by atoms with van der Waals surface area (Å²) in [5.41, 5.74) is 4.33. The molecule has 27 heavy (non-hydrogen) atoms. The van der Waals surface area contributed by atoms with Crippen LogP contribution in [0.25, 0.3) is 22.2 Å². The minimum Gasteiger partial charge on any atom is -0.309 e. The van der Waals surface area contributed by atoms with E-state index in [1.165, 1.54) is 0 Å². The number of fused-ring (bicyclic) bond motifs is 1. The molecule has 1 amide bonds. The number of hydrogen-bond acceptors (Lipinski definition) is 4. The van der Waals surface area contributed by atoms with Crippen LogP contribution in [-0.4, -0.2) is 30.7 Å². The number of carbonyl (C=O) groups is 1. The number of rotatable bonds is 4. The smallest absolute Gasteiger partial charge is 0.247 e. The third kappa shape index (κ3) is 3.35. The zero-order chi connectivity index (χ0) is 19.0. The van der Waals surface area contributed by atoms with Crippen LogP contribution in [0.1, 0.15) is 5.69 Å². The van der Waals surface area contributed by atoms with E-state index in [2.05, 4.69) is 36.7 Å². The predicted octanol–water partition coefficient (Wildman–Crippen LogP) is 3.54. The molecule has 0 aliphatic rings. The standard InChI is InChI=1S/C19H17BrN6O/c1-12-18(13-7-9-14(20)10-8-13)19(25(2)23-12)21-17(27)11-26-16-6-4-3-5-15(16)22-24-26/h3-10H,11H2,1-2H3,(H,21,27). The predicted molar refractivity (Wildman–Crippen MR) is 107 cm³/mol. The Labute approximate surface area is 164 Å². The summed E-state index contributed by atoms with van der Waals surface area (Å²) in [5.74, 6) is 0.469. The fourth-order valence-corrected chi connectivity index (χ4v) is 3.37. The molecular formula is C19H17BrN6O. The molecule has 2 heterocycles. The number of aryl methyl sites for hydroxylation is 2. The van der Waals surface area contributed by atoms with Crippen LogP contribution in [0, 0.1) is 6.92 Å². The molecule has 0 bridgehead atoms. The Bertz CT molecular complexity index is 1130. The van der Waals surface area contributed by atoms with Crippen LogP contribution in [-0.2, 0) is 18.4 Å². The van der Waals surface area contributed by atoms with E-state index in [0.717, 1.165) is 32.3 Å². The Balaban J connectivity index is 1.62. The molecule has 8 heteroatoms. The maximum Gasteiger partial charge on any atom is 0.247 e. The summed E-state index contributed by atoms with van der Waals surface area (Å²) >= 11 is 3.45. The first-order valence-electron chi connectivity index (χ1n) is 8.40. The van der Waals surface area contributed by atoms with Crippen LogP contribution in [0.5, 0.6) is 0 Å². The second-order valence-electron chi connectivity index (χ2n) is 6.22. The quantitative estimate of drug-likeness (QED) is 0.543. The maximum absolute atomic E-state index is 12.7. The largest absolute Gasteiger partial charge is 0.309 e. The number of carbonyl (C=O) groups excluding carboxylic acids is 1. The van der Waals surface area contributed by atoms with Crippen molar-refractivity contribution in [3.8, 4) is 11.1 Å². The molecule has 0 saturated carbocycles. The van der Waals surface area contributed by atoms with E-state index in [9.17, 15) is 4.79 Å². The Morgan fingerprint density at radius 2 is 1.89 bits per heavy atom. The van der Waals surface area contributed by atoms with E-state index in [-0.39, 0.29) is 12.5 Å². The molecule has 0 spiro atoms. The third-order valence-electron chi connectivity index (χ3n) is 4.33. The number of nitrogens with one attached hydrogen (secondary N) is 1. The number of anilines is 1. The summed E-state index contributed by atoms with van der Waals surface area (Å²) in [7, 11) is 1.82. The van der Waals surface area contributed by atoms with Crippen molar-refractivity contribution < 1.29 is 4.79 Å². The lowest BCUT2D eigenvalue weighted by Crippen LogP contribution is -2.21. The highest BCUT2D eigenvalue weighted by atomic mass is 79.9. The average molecular weight is 425 g/mol. The Kier molecular flexibility index (Phi) is 4.49. The minimum atomic E-state index is -0.188. The molecule has 4 rings (SSSR count).